The van der Waals surface area contributed by atoms with Crippen LogP contribution in [0, 0.1) is 6.92 Å². The Labute approximate surface area is 196 Å². The van der Waals surface area contributed by atoms with Gasteiger partial charge in [0.25, 0.3) is 5.56 Å². The molecule has 184 valence electrons. The maximum absolute atomic E-state index is 12.6. The number of nitrogens with one attached hydrogen (secondary N) is 3. The lowest BCUT2D eigenvalue weighted by molar-refractivity contribution is -0.908. The second kappa shape index (κ2) is 10.9. The number of aliphatic hydroxyl groups is 1. The molecule has 0 aliphatic carbocycles. The van der Waals surface area contributed by atoms with Crippen LogP contribution in [0.2, 0.25) is 0 Å². The van der Waals surface area contributed by atoms with Gasteiger partial charge in [0.1, 0.15) is 31.5 Å². The number of aliphatic hydroxyl groups excluding tert-OH is 1. The monoisotopic (exact) mass is 473 g/mol. The molecule has 1 aromatic carbocycles. The molecule has 2 aromatic heterocycles. The first-order chi connectivity index (χ1) is 16.4. The van der Waals surface area contributed by atoms with Gasteiger partial charge in [-0.2, -0.15) is 4.98 Å². The van der Waals surface area contributed by atoms with Gasteiger partial charge in [-0.3, -0.25) is 14.3 Å². The number of fused-ring (bicyclic) bond motifs is 1. The van der Waals surface area contributed by atoms with E-state index in [9.17, 15) is 14.7 Å². The quantitative estimate of drug-likeness (QED) is 0.275. The van der Waals surface area contributed by atoms with Crippen LogP contribution >= 0.6 is 0 Å². The van der Waals surface area contributed by atoms with Crippen LogP contribution in [-0.2, 0) is 18.3 Å². The molecule has 4 N–H and O–H groups in total. The molecule has 1 fully saturated rings. The molecule has 1 atom stereocenters. The molecule has 0 unspecified atom stereocenters. The molecular formula is C23H33N6O5+. The van der Waals surface area contributed by atoms with Crippen molar-refractivity contribution in [3.63, 3.8) is 0 Å². The number of nitrogens with zero attached hydrogens (tertiary/aromatic N) is 3. The highest BCUT2D eigenvalue weighted by molar-refractivity contribution is 5.74. The lowest BCUT2D eigenvalue weighted by Crippen LogP contribution is -3.14. The molecule has 0 spiro atoms. The predicted molar refractivity (Wildman–Crippen MR) is 128 cm³/mol. The van der Waals surface area contributed by atoms with Crippen LogP contribution < -0.4 is 26.2 Å². The fourth-order valence-electron chi connectivity index (χ4n) is 4.09. The molecule has 0 saturated carbocycles. The summed E-state index contributed by atoms with van der Waals surface area (Å²) in [6.07, 6.45) is 0.0149. The average Bonchev–Trinajstić information content (AvgIpc) is 3.19. The summed E-state index contributed by atoms with van der Waals surface area (Å²) in [7, 11) is 1.56. The second-order valence-corrected chi connectivity index (χ2v) is 8.71. The second-order valence-electron chi connectivity index (χ2n) is 8.71. The predicted octanol–water partition coefficient (Wildman–Crippen LogP) is -1.11. The van der Waals surface area contributed by atoms with Crippen molar-refractivity contribution >= 4 is 17.1 Å². The molecule has 34 heavy (non-hydrogen) atoms. The van der Waals surface area contributed by atoms with E-state index in [0.717, 1.165) is 44.8 Å². The first kappa shape index (κ1) is 24.0. The van der Waals surface area contributed by atoms with Gasteiger partial charge in [0, 0.05) is 20.0 Å². The minimum Gasteiger partial charge on any atom is -0.491 e. The van der Waals surface area contributed by atoms with Crippen molar-refractivity contribution in [3.05, 3.63) is 50.7 Å². The number of benzene rings is 1. The number of aromatic amines is 1. The van der Waals surface area contributed by atoms with Gasteiger partial charge < -0.3 is 29.4 Å². The first-order valence-electron chi connectivity index (χ1n) is 11.6. The number of H-pyrrole nitrogens is 1. The number of hydrogen-bond donors (Lipinski definition) is 4. The van der Waals surface area contributed by atoms with Crippen molar-refractivity contribution in [2.24, 2.45) is 7.05 Å². The zero-order valence-electron chi connectivity index (χ0n) is 19.7. The van der Waals surface area contributed by atoms with Crippen molar-refractivity contribution in [3.8, 4) is 5.75 Å². The van der Waals surface area contributed by atoms with E-state index in [1.54, 1.807) is 11.6 Å². The summed E-state index contributed by atoms with van der Waals surface area (Å²) in [5, 5.41) is 14.0. The van der Waals surface area contributed by atoms with Gasteiger partial charge in [0.05, 0.1) is 26.3 Å². The Bertz CT molecular complexity index is 1210. The molecule has 3 heterocycles. The van der Waals surface area contributed by atoms with E-state index in [2.05, 4.69) is 15.3 Å². The van der Waals surface area contributed by atoms with Crippen LogP contribution in [0.4, 0.5) is 5.95 Å². The topological polar surface area (TPSA) is 128 Å². The largest absolute Gasteiger partial charge is 0.491 e. The maximum atomic E-state index is 12.6. The summed E-state index contributed by atoms with van der Waals surface area (Å²) in [6, 6.07) is 7.56. The van der Waals surface area contributed by atoms with Crippen molar-refractivity contribution in [1.82, 2.24) is 19.1 Å². The summed E-state index contributed by atoms with van der Waals surface area (Å²) >= 11 is 0. The fraction of sp³-hybridized carbons (Fsp3) is 0.522. The molecule has 11 heteroatoms. The number of aromatic nitrogens is 4. The van der Waals surface area contributed by atoms with E-state index in [-0.39, 0.29) is 24.3 Å². The highest BCUT2D eigenvalue weighted by Crippen LogP contribution is 2.17. The number of quaternary nitrogens is 1. The van der Waals surface area contributed by atoms with E-state index in [1.807, 2.05) is 31.2 Å². The summed E-state index contributed by atoms with van der Waals surface area (Å²) < 4.78 is 14.0. The van der Waals surface area contributed by atoms with Gasteiger partial charge in [0.2, 0.25) is 5.95 Å². The third-order valence-electron chi connectivity index (χ3n) is 6.05. The molecule has 0 radical (unpaired) electrons. The van der Waals surface area contributed by atoms with Gasteiger partial charge in [-0.1, -0.05) is 17.7 Å². The van der Waals surface area contributed by atoms with Crippen LogP contribution in [0.1, 0.15) is 12.0 Å². The Morgan fingerprint density at radius 2 is 2.00 bits per heavy atom. The lowest BCUT2D eigenvalue weighted by Gasteiger charge is -2.23. The van der Waals surface area contributed by atoms with E-state index < -0.39 is 17.4 Å². The van der Waals surface area contributed by atoms with Crippen molar-refractivity contribution in [2.75, 3.05) is 51.3 Å². The van der Waals surface area contributed by atoms with Gasteiger partial charge in [-0.05, 0) is 19.1 Å². The SMILES string of the molecule is Cc1ccc(OC[C@H](O)Cn2c(NCCC[NH+]3CCOCC3)nc3c2c(=O)[nH]c(=O)n3C)cc1. The van der Waals surface area contributed by atoms with E-state index >= 15 is 0 Å². The lowest BCUT2D eigenvalue weighted by atomic mass is 10.2. The number of ether oxygens (including phenoxy) is 2. The Balaban J connectivity index is 1.48. The van der Waals surface area contributed by atoms with Crippen LogP contribution in [0.25, 0.3) is 11.2 Å². The number of morpholine rings is 1. The van der Waals surface area contributed by atoms with Crippen molar-refractivity contribution < 1.29 is 19.5 Å². The molecule has 1 aliphatic rings. The maximum Gasteiger partial charge on any atom is 0.329 e. The third-order valence-corrected chi connectivity index (χ3v) is 6.05. The molecule has 3 aromatic rings. The minimum atomic E-state index is -0.895. The molecule has 4 rings (SSSR count). The Hall–Kier alpha value is -3.15. The van der Waals surface area contributed by atoms with Crippen molar-refractivity contribution in [2.45, 2.75) is 26.0 Å². The summed E-state index contributed by atoms with van der Waals surface area (Å²) in [6.45, 7) is 7.36. The average molecular weight is 474 g/mol. The fourth-order valence-corrected chi connectivity index (χ4v) is 4.09. The third kappa shape index (κ3) is 5.66. The number of hydrogen-bond acceptors (Lipinski definition) is 7. The first-order valence-corrected chi connectivity index (χ1v) is 11.6. The number of aryl methyl sites for hydroxylation is 2. The Morgan fingerprint density at radius 3 is 2.74 bits per heavy atom. The molecular weight excluding hydrogens is 440 g/mol. The summed E-state index contributed by atoms with van der Waals surface area (Å²) in [5.74, 6) is 1.09. The standard InChI is InChI=1S/C23H32N6O5/c1-16-4-6-18(7-5-16)34-15-17(30)14-29-19-20(27(2)23(32)26-21(19)31)25-22(29)24-8-3-9-28-10-12-33-13-11-28/h4-7,17,30H,3,8-15H2,1-2H3,(H,24,25)(H,26,31,32)/p+1/t17-/m1/s1. The van der Waals surface area contributed by atoms with Gasteiger partial charge in [-0.25, -0.2) is 4.79 Å². The van der Waals surface area contributed by atoms with Crippen LogP contribution in [0.3, 0.4) is 0 Å². The molecule has 11 nitrogen and oxygen atoms in total. The van der Waals surface area contributed by atoms with Gasteiger partial charge in [0.15, 0.2) is 11.2 Å². The van der Waals surface area contributed by atoms with Gasteiger partial charge >= 0.3 is 5.69 Å². The van der Waals surface area contributed by atoms with Crippen molar-refractivity contribution in [1.29, 1.82) is 0 Å². The highest BCUT2D eigenvalue weighted by atomic mass is 16.5. The normalized spacial score (nSPS) is 15.5. The summed E-state index contributed by atoms with van der Waals surface area (Å²) in [5.41, 5.74) is 0.545. The van der Waals surface area contributed by atoms with E-state index in [4.69, 9.17) is 9.47 Å². The van der Waals surface area contributed by atoms with Crippen LogP contribution in [0.15, 0.2) is 33.9 Å². The number of imidazole rings is 1. The zero-order valence-corrected chi connectivity index (χ0v) is 19.7. The molecule has 0 bridgehead atoms. The molecule has 1 aliphatic heterocycles. The minimum absolute atomic E-state index is 0.0479. The smallest absolute Gasteiger partial charge is 0.329 e. The van der Waals surface area contributed by atoms with E-state index in [0.29, 0.717) is 18.2 Å². The van der Waals surface area contributed by atoms with Crippen LogP contribution in [-0.4, -0.2) is 76.3 Å². The van der Waals surface area contributed by atoms with Gasteiger partial charge in [-0.15, -0.1) is 0 Å². The molecule has 1 saturated heterocycles. The molecule has 0 amide bonds. The number of rotatable bonds is 10. The Morgan fingerprint density at radius 1 is 1.26 bits per heavy atom. The summed E-state index contributed by atoms with van der Waals surface area (Å²) in [4.78, 5) is 33.0. The Kier molecular flexibility index (Phi) is 7.66. The number of anilines is 1. The highest BCUT2D eigenvalue weighted by Gasteiger charge is 2.20. The van der Waals surface area contributed by atoms with E-state index in [1.165, 1.54) is 9.47 Å². The zero-order chi connectivity index (χ0) is 24.1. The van der Waals surface area contributed by atoms with Crippen LogP contribution in [0.5, 0.6) is 5.75 Å².